The zero-order valence-corrected chi connectivity index (χ0v) is 13.0. The molecule has 0 aromatic heterocycles. The topological polar surface area (TPSA) is 12.0 Å². The average Bonchev–Trinajstić information content (AvgIpc) is 2.43. The zero-order chi connectivity index (χ0) is 15.0. The highest BCUT2D eigenvalue weighted by Crippen LogP contribution is 2.45. The Kier molecular flexibility index (Phi) is 4.01. The van der Waals surface area contributed by atoms with Crippen LogP contribution >= 0.6 is 11.6 Å². The van der Waals surface area contributed by atoms with E-state index in [2.05, 4.69) is 36.5 Å². The van der Waals surface area contributed by atoms with Crippen LogP contribution in [0.5, 0.6) is 0 Å². The van der Waals surface area contributed by atoms with E-state index in [4.69, 9.17) is 11.6 Å². The first kappa shape index (κ1) is 14.6. The highest BCUT2D eigenvalue weighted by Gasteiger charge is 2.34. The molecule has 1 N–H and O–H groups in total. The summed E-state index contributed by atoms with van der Waals surface area (Å²) in [6, 6.07) is 12.0. The summed E-state index contributed by atoms with van der Waals surface area (Å²) in [6.45, 7) is 4.73. The van der Waals surface area contributed by atoms with E-state index in [0.717, 1.165) is 18.5 Å². The van der Waals surface area contributed by atoms with Crippen molar-refractivity contribution in [2.75, 3.05) is 6.54 Å². The van der Waals surface area contributed by atoms with Gasteiger partial charge in [-0.15, -0.1) is 0 Å². The number of benzene rings is 2. The van der Waals surface area contributed by atoms with Crippen LogP contribution in [0.3, 0.4) is 0 Å². The van der Waals surface area contributed by atoms with Gasteiger partial charge >= 0.3 is 0 Å². The van der Waals surface area contributed by atoms with Crippen molar-refractivity contribution in [2.45, 2.75) is 32.2 Å². The van der Waals surface area contributed by atoms with E-state index in [1.165, 1.54) is 17.2 Å². The summed E-state index contributed by atoms with van der Waals surface area (Å²) >= 11 is 6.30. The average molecular weight is 304 g/mol. The lowest BCUT2D eigenvalue weighted by Crippen LogP contribution is -2.33. The van der Waals surface area contributed by atoms with E-state index in [9.17, 15) is 4.39 Å². The Hall–Kier alpha value is -1.38. The Labute approximate surface area is 130 Å². The van der Waals surface area contributed by atoms with Gasteiger partial charge in [0.1, 0.15) is 5.82 Å². The first-order valence-electron chi connectivity index (χ1n) is 7.38. The molecule has 2 atom stereocenters. The Morgan fingerprint density at radius 1 is 1.33 bits per heavy atom. The summed E-state index contributed by atoms with van der Waals surface area (Å²) < 4.78 is 13.6. The van der Waals surface area contributed by atoms with E-state index in [1.807, 2.05) is 6.07 Å². The Bertz CT molecular complexity index is 668. The van der Waals surface area contributed by atoms with Crippen LogP contribution in [-0.4, -0.2) is 6.54 Å². The summed E-state index contributed by atoms with van der Waals surface area (Å²) in [6.07, 6.45) is 1.04. The van der Waals surface area contributed by atoms with Crippen LogP contribution in [0.1, 0.15) is 41.1 Å². The first-order valence-corrected chi connectivity index (χ1v) is 7.76. The number of likely N-dealkylation sites (N-methyl/N-ethyl adjacent to an activating group) is 1. The van der Waals surface area contributed by atoms with E-state index in [-0.39, 0.29) is 11.9 Å². The Morgan fingerprint density at radius 3 is 2.81 bits per heavy atom. The van der Waals surface area contributed by atoms with Gasteiger partial charge in [-0.1, -0.05) is 48.9 Å². The molecule has 3 heteroatoms. The molecule has 0 bridgehead atoms. The van der Waals surface area contributed by atoms with Gasteiger partial charge in [-0.25, -0.2) is 4.39 Å². The van der Waals surface area contributed by atoms with Crippen LogP contribution in [0.4, 0.5) is 4.39 Å². The third kappa shape index (κ3) is 2.58. The number of nitrogens with one attached hydrogen (secondary N) is 1. The third-order valence-corrected chi connectivity index (χ3v) is 4.66. The summed E-state index contributed by atoms with van der Waals surface area (Å²) in [5, 5.41) is 4.03. The fourth-order valence-corrected chi connectivity index (χ4v) is 3.47. The molecular formula is C18H19ClFN. The summed E-state index contributed by atoms with van der Waals surface area (Å²) in [4.78, 5) is 0. The maximum Gasteiger partial charge on any atom is 0.127 e. The number of rotatable bonds is 4. The van der Waals surface area contributed by atoms with Gasteiger partial charge in [0.15, 0.2) is 0 Å². The van der Waals surface area contributed by atoms with Gasteiger partial charge in [0.05, 0.1) is 0 Å². The molecule has 0 aliphatic heterocycles. The molecule has 2 aromatic rings. The van der Waals surface area contributed by atoms with Gasteiger partial charge in [-0.2, -0.15) is 0 Å². The lowest BCUT2D eigenvalue weighted by Gasteiger charge is -2.37. The molecule has 2 aromatic carbocycles. The van der Waals surface area contributed by atoms with E-state index in [0.29, 0.717) is 16.5 Å². The van der Waals surface area contributed by atoms with E-state index >= 15 is 0 Å². The van der Waals surface area contributed by atoms with Gasteiger partial charge < -0.3 is 5.32 Å². The summed E-state index contributed by atoms with van der Waals surface area (Å²) in [5.74, 6) is 0.163. The minimum atomic E-state index is -0.243. The molecule has 0 heterocycles. The van der Waals surface area contributed by atoms with Crippen molar-refractivity contribution in [3.63, 3.8) is 0 Å². The molecule has 0 spiro atoms. The van der Waals surface area contributed by atoms with Crippen molar-refractivity contribution in [3.05, 3.63) is 69.5 Å². The molecule has 0 amide bonds. The van der Waals surface area contributed by atoms with Gasteiger partial charge in [0.2, 0.25) is 0 Å². The molecule has 3 rings (SSSR count). The number of hydrogen-bond acceptors (Lipinski definition) is 1. The Morgan fingerprint density at radius 2 is 2.10 bits per heavy atom. The second-order valence-corrected chi connectivity index (χ2v) is 6.07. The first-order chi connectivity index (χ1) is 10.1. The monoisotopic (exact) mass is 303 g/mol. The second kappa shape index (κ2) is 5.78. The van der Waals surface area contributed by atoms with Crippen LogP contribution in [0, 0.1) is 12.7 Å². The Balaban J connectivity index is 1.99. The molecule has 0 saturated heterocycles. The lowest BCUT2D eigenvalue weighted by molar-refractivity contribution is 0.419. The summed E-state index contributed by atoms with van der Waals surface area (Å²) in [5.41, 5.74) is 4.42. The second-order valence-electron chi connectivity index (χ2n) is 5.67. The quantitative estimate of drug-likeness (QED) is 0.857. The van der Waals surface area contributed by atoms with Crippen molar-refractivity contribution >= 4 is 11.6 Å². The van der Waals surface area contributed by atoms with Gasteiger partial charge in [0, 0.05) is 17.0 Å². The van der Waals surface area contributed by atoms with Crippen LogP contribution < -0.4 is 5.32 Å². The lowest BCUT2D eigenvalue weighted by atomic mass is 9.71. The molecule has 1 aliphatic rings. The van der Waals surface area contributed by atoms with Crippen molar-refractivity contribution in [1.29, 1.82) is 0 Å². The molecule has 2 unspecified atom stereocenters. The highest BCUT2D eigenvalue weighted by atomic mass is 35.5. The van der Waals surface area contributed by atoms with E-state index < -0.39 is 0 Å². The fraction of sp³-hybridized carbons (Fsp3) is 0.333. The van der Waals surface area contributed by atoms with Crippen LogP contribution in [0.15, 0.2) is 36.4 Å². The standard InChI is InChI=1S/C18H19ClFN/c1-3-21-18(14-9-12-6-4-5-7-13(12)14)15-8-11(2)17(20)10-16(15)19/h4-8,10,14,18,21H,3,9H2,1-2H3. The molecule has 110 valence electrons. The molecule has 0 saturated carbocycles. The van der Waals surface area contributed by atoms with Gasteiger partial charge in [-0.3, -0.25) is 0 Å². The third-order valence-electron chi connectivity index (χ3n) is 4.33. The zero-order valence-electron chi connectivity index (χ0n) is 12.3. The maximum atomic E-state index is 13.6. The number of halogens is 2. The van der Waals surface area contributed by atoms with Crippen LogP contribution in [0.25, 0.3) is 0 Å². The summed E-state index contributed by atoms with van der Waals surface area (Å²) in [7, 11) is 0. The van der Waals surface area contributed by atoms with Crippen molar-refractivity contribution in [1.82, 2.24) is 5.32 Å². The number of hydrogen-bond donors (Lipinski definition) is 1. The van der Waals surface area contributed by atoms with Crippen molar-refractivity contribution in [3.8, 4) is 0 Å². The van der Waals surface area contributed by atoms with Gasteiger partial charge in [-0.05, 0) is 48.2 Å². The molecule has 21 heavy (non-hydrogen) atoms. The SMILES string of the molecule is CCNC(c1cc(C)c(F)cc1Cl)C1Cc2ccccc21. The molecular weight excluding hydrogens is 285 g/mol. The smallest absolute Gasteiger partial charge is 0.127 e. The maximum absolute atomic E-state index is 13.6. The predicted molar refractivity (Wildman–Crippen MR) is 85.5 cm³/mol. The van der Waals surface area contributed by atoms with Crippen molar-refractivity contribution in [2.24, 2.45) is 0 Å². The molecule has 0 fully saturated rings. The highest BCUT2D eigenvalue weighted by molar-refractivity contribution is 6.31. The minimum Gasteiger partial charge on any atom is -0.310 e. The van der Waals surface area contributed by atoms with Crippen molar-refractivity contribution < 1.29 is 4.39 Å². The largest absolute Gasteiger partial charge is 0.310 e. The van der Waals surface area contributed by atoms with Crippen LogP contribution in [-0.2, 0) is 6.42 Å². The number of fused-ring (bicyclic) bond motifs is 1. The predicted octanol–water partition coefficient (Wildman–Crippen LogP) is 4.78. The molecule has 0 radical (unpaired) electrons. The minimum absolute atomic E-state index is 0.136. The fourth-order valence-electron chi connectivity index (χ4n) is 3.20. The van der Waals surface area contributed by atoms with Gasteiger partial charge in [0.25, 0.3) is 0 Å². The van der Waals surface area contributed by atoms with Crippen LogP contribution in [0.2, 0.25) is 5.02 Å². The molecule has 1 nitrogen and oxygen atoms in total. The number of aryl methyl sites for hydroxylation is 1. The molecule has 1 aliphatic carbocycles. The van der Waals surface area contributed by atoms with E-state index in [1.54, 1.807) is 6.92 Å². The normalized spacial score (nSPS) is 18.0.